The summed E-state index contributed by atoms with van der Waals surface area (Å²) in [4.78, 5) is 0. The monoisotopic (exact) mass is 235 g/mol. The van der Waals surface area contributed by atoms with Crippen molar-refractivity contribution >= 4 is 0 Å². The zero-order chi connectivity index (χ0) is 12.5. The fraction of sp³-hybridized carbons (Fsp3) is 0.571. The van der Waals surface area contributed by atoms with E-state index in [1.165, 1.54) is 5.56 Å². The van der Waals surface area contributed by atoms with Gasteiger partial charge in [-0.25, -0.2) is 0 Å². The van der Waals surface area contributed by atoms with Gasteiger partial charge in [-0.3, -0.25) is 0 Å². The molecule has 3 nitrogen and oxygen atoms in total. The third-order valence-electron chi connectivity index (χ3n) is 3.13. The van der Waals surface area contributed by atoms with Crippen LogP contribution in [0.5, 0.6) is 5.75 Å². The van der Waals surface area contributed by atoms with Crippen molar-refractivity contribution in [3.63, 3.8) is 0 Å². The molecule has 1 aliphatic heterocycles. The quantitative estimate of drug-likeness (QED) is 0.854. The zero-order valence-electron chi connectivity index (χ0n) is 11.0. The standard InChI is InChI=1S/C14H21NO2/c1-10-7-11(5-6-13(10)16-4)12-8-17-9-14(2,3)15-12/h5-7,12,15H,8-9H2,1-4H3. The predicted octanol–water partition coefficient (Wildman–Crippen LogP) is 2.44. The van der Waals surface area contributed by atoms with Gasteiger partial charge in [0.15, 0.2) is 0 Å². The highest BCUT2D eigenvalue weighted by atomic mass is 16.5. The molecule has 3 heteroatoms. The van der Waals surface area contributed by atoms with Crippen LogP contribution in [0, 0.1) is 6.92 Å². The third kappa shape index (κ3) is 2.79. The van der Waals surface area contributed by atoms with Crippen molar-refractivity contribution in [1.29, 1.82) is 0 Å². The molecule has 0 radical (unpaired) electrons. The van der Waals surface area contributed by atoms with E-state index in [1.807, 2.05) is 6.07 Å². The van der Waals surface area contributed by atoms with Crippen LogP contribution < -0.4 is 10.1 Å². The Morgan fingerprint density at radius 2 is 2.18 bits per heavy atom. The van der Waals surface area contributed by atoms with Gasteiger partial charge in [-0.05, 0) is 38.0 Å². The van der Waals surface area contributed by atoms with Crippen LogP contribution in [0.4, 0.5) is 0 Å². The molecule has 0 aliphatic carbocycles. The number of benzene rings is 1. The second-order valence-corrected chi connectivity index (χ2v) is 5.32. The number of rotatable bonds is 2. The van der Waals surface area contributed by atoms with E-state index < -0.39 is 0 Å². The van der Waals surface area contributed by atoms with E-state index in [4.69, 9.17) is 9.47 Å². The first kappa shape index (κ1) is 12.4. The Morgan fingerprint density at radius 3 is 2.76 bits per heavy atom. The smallest absolute Gasteiger partial charge is 0.121 e. The molecule has 94 valence electrons. The molecule has 1 aromatic carbocycles. The number of nitrogens with one attached hydrogen (secondary N) is 1. The summed E-state index contributed by atoms with van der Waals surface area (Å²) >= 11 is 0. The number of hydrogen-bond acceptors (Lipinski definition) is 3. The largest absolute Gasteiger partial charge is 0.496 e. The normalized spacial score (nSPS) is 23.4. The SMILES string of the molecule is COc1ccc(C2COCC(C)(C)N2)cc1C. The maximum absolute atomic E-state index is 5.65. The number of aryl methyl sites for hydroxylation is 1. The molecule has 1 aromatic rings. The molecule has 1 fully saturated rings. The van der Waals surface area contributed by atoms with Crippen molar-refractivity contribution in [2.45, 2.75) is 32.4 Å². The maximum atomic E-state index is 5.65. The second kappa shape index (κ2) is 4.67. The summed E-state index contributed by atoms with van der Waals surface area (Å²) < 4.78 is 10.9. The Kier molecular flexibility index (Phi) is 3.40. The third-order valence-corrected chi connectivity index (χ3v) is 3.13. The van der Waals surface area contributed by atoms with Crippen molar-refractivity contribution in [1.82, 2.24) is 5.32 Å². The summed E-state index contributed by atoms with van der Waals surface area (Å²) in [6.07, 6.45) is 0. The van der Waals surface area contributed by atoms with E-state index >= 15 is 0 Å². The predicted molar refractivity (Wildman–Crippen MR) is 68.5 cm³/mol. The topological polar surface area (TPSA) is 30.5 Å². The molecule has 0 spiro atoms. The van der Waals surface area contributed by atoms with Crippen LogP contribution in [0.1, 0.15) is 31.0 Å². The van der Waals surface area contributed by atoms with Gasteiger partial charge in [0.1, 0.15) is 5.75 Å². The van der Waals surface area contributed by atoms with Gasteiger partial charge in [0, 0.05) is 5.54 Å². The lowest BCUT2D eigenvalue weighted by molar-refractivity contribution is 0.0127. The van der Waals surface area contributed by atoms with Crippen LogP contribution in [0.25, 0.3) is 0 Å². The summed E-state index contributed by atoms with van der Waals surface area (Å²) in [5.41, 5.74) is 2.46. The Hall–Kier alpha value is -1.06. The molecule has 0 amide bonds. The van der Waals surface area contributed by atoms with Gasteiger partial charge < -0.3 is 14.8 Å². The highest BCUT2D eigenvalue weighted by Crippen LogP contribution is 2.26. The molecule has 0 aromatic heterocycles. The van der Waals surface area contributed by atoms with Crippen LogP contribution in [0.15, 0.2) is 18.2 Å². The summed E-state index contributed by atoms with van der Waals surface area (Å²) in [5, 5.41) is 3.61. The Balaban J connectivity index is 2.19. The first-order chi connectivity index (χ1) is 8.02. The van der Waals surface area contributed by atoms with Crippen LogP contribution >= 0.6 is 0 Å². The molecule has 1 aliphatic rings. The van der Waals surface area contributed by atoms with Gasteiger partial charge in [0.25, 0.3) is 0 Å². The maximum Gasteiger partial charge on any atom is 0.121 e. The lowest BCUT2D eigenvalue weighted by Crippen LogP contribution is -2.51. The minimum Gasteiger partial charge on any atom is -0.496 e. The van der Waals surface area contributed by atoms with Gasteiger partial charge in [-0.1, -0.05) is 12.1 Å². The molecule has 0 saturated carbocycles. The van der Waals surface area contributed by atoms with E-state index in [1.54, 1.807) is 7.11 Å². The van der Waals surface area contributed by atoms with Crippen molar-refractivity contribution in [2.75, 3.05) is 20.3 Å². The highest BCUT2D eigenvalue weighted by Gasteiger charge is 2.28. The molecule has 2 rings (SSSR count). The molecular formula is C14H21NO2. The van der Waals surface area contributed by atoms with Crippen molar-refractivity contribution < 1.29 is 9.47 Å². The van der Waals surface area contributed by atoms with Crippen LogP contribution in [0.2, 0.25) is 0 Å². The second-order valence-electron chi connectivity index (χ2n) is 5.32. The van der Waals surface area contributed by atoms with E-state index in [-0.39, 0.29) is 11.6 Å². The molecule has 1 heterocycles. The van der Waals surface area contributed by atoms with Crippen molar-refractivity contribution in [2.24, 2.45) is 0 Å². The highest BCUT2D eigenvalue weighted by molar-refractivity contribution is 5.37. The van der Waals surface area contributed by atoms with E-state index in [0.29, 0.717) is 0 Å². The van der Waals surface area contributed by atoms with Gasteiger partial charge in [-0.15, -0.1) is 0 Å². The van der Waals surface area contributed by atoms with E-state index in [0.717, 1.165) is 24.5 Å². The average molecular weight is 235 g/mol. The average Bonchev–Trinajstić information content (AvgIpc) is 2.27. The van der Waals surface area contributed by atoms with E-state index in [9.17, 15) is 0 Å². The zero-order valence-corrected chi connectivity index (χ0v) is 11.0. The van der Waals surface area contributed by atoms with E-state index in [2.05, 4.69) is 38.2 Å². The van der Waals surface area contributed by atoms with Crippen molar-refractivity contribution in [3.05, 3.63) is 29.3 Å². The fourth-order valence-corrected chi connectivity index (χ4v) is 2.28. The summed E-state index contributed by atoms with van der Waals surface area (Å²) in [6, 6.07) is 6.56. The van der Waals surface area contributed by atoms with Crippen molar-refractivity contribution in [3.8, 4) is 5.75 Å². The van der Waals surface area contributed by atoms with Crippen LogP contribution in [-0.4, -0.2) is 25.9 Å². The van der Waals surface area contributed by atoms with Gasteiger partial charge in [0.05, 0.1) is 26.4 Å². The minimum atomic E-state index is 0.0384. The Labute approximate surface area is 103 Å². The molecular weight excluding hydrogens is 214 g/mol. The van der Waals surface area contributed by atoms with Gasteiger partial charge in [-0.2, -0.15) is 0 Å². The fourth-order valence-electron chi connectivity index (χ4n) is 2.28. The summed E-state index contributed by atoms with van der Waals surface area (Å²) in [5.74, 6) is 0.935. The van der Waals surface area contributed by atoms with Gasteiger partial charge in [0.2, 0.25) is 0 Å². The number of hydrogen-bond donors (Lipinski definition) is 1. The Morgan fingerprint density at radius 1 is 1.41 bits per heavy atom. The summed E-state index contributed by atoms with van der Waals surface area (Å²) in [7, 11) is 1.70. The van der Waals surface area contributed by atoms with Gasteiger partial charge >= 0.3 is 0 Å². The lowest BCUT2D eigenvalue weighted by atomic mass is 9.97. The lowest BCUT2D eigenvalue weighted by Gasteiger charge is -2.37. The number of methoxy groups -OCH3 is 1. The Bertz CT molecular complexity index is 401. The van der Waals surface area contributed by atoms with Crippen LogP contribution in [-0.2, 0) is 4.74 Å². The molecule has 0 bridgehead atoms. The first-order valence-electron chi connectivity index (χ1n) is 6.02. The van der Waals surface area contributed by atoms with Crippen LogP contribution in [0.3, 0.4) is 0 Å². The molecule has 1 atom stereocenters. The molecule has 1 saturated heterocycles. The molecule has 17 heavy (non-hydrogen) atoms. The summed E-state index contributed by atoms with van der Waals surface area (Å²) in [6.45, 7) is 7.88. The number of morpholine rings is 1. The molecule has 1 N–H and O–H groups in total. The first-order valence-corrected chi connectivity index (χ1v) is 6.02. The minimum absolute atomic E-state index is 0.0384. The number of ether oxygens (including phenoxy) is 2. The molecule has 1 unspecified atom stereocenters.